The Morgan fingerprint density at radius 3 is 2.89 bits per heavy atom. The number of rotatable bonds is 3. The van der Waals surface area contributed by atoms with E-state index in [0.29, 0.717) is 0 Å². The lowest BCUT2D eigenvalue weighted by Crippen LogP contribution is -2.49. The van der Waals surface area contributed by atoms with Crippen LogP contribution in [-0.2, 0) is 18.4 Å². The zero-order chi connectivity index (χ0) is 14.0. The summed E-state index contributed by atoms with van der Waals surface area (Å²) in [6.45, 7) is 6.91. The van der Waals surface area contributed by atoms with Gasteiger partial charge in [0.2, 0.25) is 5.91 Å². The van der Waals surface area contributed by atoms with E-state index in [4.69, 9.17) is 0 Å². The zero-order valence-electron chi connectivity index (χ0n) is 12.4. The topological polar surface area (TPSA) is 50.2 Å². The molecule has 0 saturated carbocycles. The highest BCUT2D eigenvalue weighted by Crippen LogP contribution is 2.30. The maximum atomic E-state index is 12.0. The van der Waals surface area contributed by atoms with Crippen molar-refractivity contribution in [2.24, 2.45) is 12.5 Å². The second kappa shape index (κ2) is 5.33. The maximum Gasteiger partial charge on any atom is 0.226 e. The van der Waals surface area contributed by atoms with Crippen LogP contribution in [-0.4, -0.2) is 40.7 Å². The van der Waals surface area contributed by atoms with E-state index in [2.05, 4.69) is 29.2 Å². The van der Waals surface area contributed by atoms with Crippen LogP contribution in [0.1, 0.15) is 31.0 Å². The number of nitrogens with one attached hydrogen (secondary N) is 1. The van der Waals surface area contributed by atoms with Crippen LogP contribution in [0.3, 0.4) is 0 Å². The highest BCUT2D eigenvalue weighted by molar-refractivity contribution is 5.82. The number of carbonyl (C=O) groups excluding carboxylic acids is 1. The van der Waals surface area contributed by atoms with Crippen molar-refractivity contribution in [3.63, 3.8) is 0 Å². The molecule has 19 heavy (non-hydrogen) atoms. The molecule has 1 aromatic rings. The molecule has 1 aromatic heterocycles. The normalized spacial score (nSPS) is 24.4. The smallest absolute Gasteiger partial charge is 0.226 e. The molecule has 1 N–H and O–H groups in total. The van der Waals surface area contributed by atoms with Gasteiger partial charge in [-0.25, -0.2) is 0 Å². The number of piperidine rings is 1. The van der Waals surface area contributed by atoms with E-state index in [9.17, 15) is 4.79 Å². The Bertz CT molecular complexity index is 468. The molecule has 0 radical (unpaired) electrons. The minimum Gasteiger partial charge on any atom is -0.359 e. The van der Waals surface area contributed by atoms with Crippen molar-refractivity contribution in [2.45, 2.75) is 33.2 Å². The SMILES string of the molecule is CNC(=O)[C@]1(C)CCCN(Cc2cnn(C)c2C)C1. The molecule has 0 aromatic carbocycles. The second-order valence-corrected chi connectivity index (χ2v) is 5.83. The summed E-state index contributed by atoms with van der Waals surface area (Å²) >= 11 is 0. The van der Waals surface area contributed by atoms with Gasteiger partial charge >= 0.3 is 0 Å². The predicted octanol–water partition coefficient (Wildman–Crippen LogP) is 1.08. The molecule has 1 fully saturated rings. The first-order valence-electron chi connectivity index (χ1n) is 6.88. The van der Waals surface area contributed by atoms with Crippen molar-refractivity contribution < 1.29 is 4.79 Å². The Labute approximate surface area is 115 Å². The number of aryl methyl sites for hydroxylation is 1. The van der Waals surface area contributed by atoms with Crippen molar-refractivity contribution in [3.05, 3.63) is 17.5 Å². The number of aromatic nitrogens is 2. The van der Waals surface area contributed by atoms with Crippen LogP contribution in [0.15, 0.2) is 6.20 Å². The standard InChI is InChI=1S/C14H24N4O/c1-11-12(8-16-17(11)4)9-18-7-5-6-14(2,10-18)13(19)15-3/h8H,5-7,9-10H2,1-4H3,(H,15,19)/t14-/m1/s1. The molecule has 1 aliphatic heterocycles. The summed E-state index contributed by atoms with van der Waals surface area (Å²) in [6, 6.07) is 0. The van der Waals surface area contributed by atoms with Gasteiger partial charge in [-0.05, 0) is 33.2 Å². The fourth-order valence-electron chi connectivity index (χ4n) is 2.91. The van der Waals surface area contributed by atoms with Crippen molar-refractivity contribution in [2.75, 3.05) is 20.1 Å². The van der Waals surface area contributed by atoms with Crippen LogP contribution < -0.4 is 5.32 Å². The summed E-state index contributed by atoms with van der Waals surface area (Å²) in [5.74, 6) is 0.153. The number of amides is 1. The first kappa shape index (κ1) is 14.1. The molecule has 2 rings (SSSR count). The third-order valence-electron chi connectivity index (χ3n) is 4.28. The number of carbonyl (C=O) groups is 1. The van der Waals surface area contributed by atoms with Gasteiger partial charge in [-0.3, -0.25) is 14.4 Å². The van der Waals surface area contributed by atoms with Gasteiger partial charge in [0.25, 0.3) is 0 Å². The Hall–Kier alpha value is -1.36. The number of likely N-dealkylation sites (tertiary alicyclic amines) is 1. The van der Waals surface area contributed by atoms with Crippen molar-refractivity contribution >= 4 is 5.91 Å². The molecule has 2 heterocycles. The van der Waals surface area contributed by atoms with Gasteiger partial charge in [-0.2, -0.15) is 5.10 Å². The lowest BCUT2D eigenvalue weighted by Gasteiger charge is -2.39. The Balaban J connectivity index is 2.06. The molecule has 106 valence electrons. The van der Waals surface area contributed by atoms with Gasteiger partial charge in [-0.15, -0.1) is 0 Å². The first-order valence-corrected chi connectivity index (χ1v) is 6.88. The summed E-state index contributed by atoms with van der Waals surface area (Å²) in [6.07, 6.45) is 3.97. The van der Waals surface area contributed by atoms with Crippen LogP contribution in [0, 0.1) is 12.3 Å². The molecule has 1 saturated heterocycles. The van der Waals surface area contributed by atoms with Crippen molar-refractivity contribution in [1.82, 2.24) is 20.0 Å². The van der Waals surface area contributed by atoms with E-state index in [1.165, 1.54) is 11.3 Å². The lowest BCUT2D eigenvalue weighted by molar-refractivity contribution is -0.132. The Kier molecular flexibility index (Phi) is 3.94. The van der Waals surface area contributed by atoms with Crippen LogP contribution in [0.5, 0.6) is 0 Å². The molecule has 5 heteroatoms. The number of hydrogen-bond donors (Lipinski definition) is 1. The third kappa shape index (κ3) is 2.81. The van der Waals surface area contributed by atoms with Crippen LogP contribution in [0.4, 0.5) is 0 Å². The molecule has 0 bridgehead atoms. The van der Waals surface area contributed by atoms with Gasteiger partial charge in [0.05, 0.1) is 11.6 Å². The highest BCUT2D eigenvalue weighted by atomic mass is 16.2. The summed E-state index contributed by atoms with van der Waals surface area (Å²) in [5, 5.41) is 7.07. The van der Waals surface area contributed by atoms with Gasteiger partial charge in [0.15, 0.2) is 0 Å². The molecule has 1 amide bonds. The molecule has 0 unspecified atom stereocenters. The molecular weight excluding hydrogens is 240 g/mol. The van der Waals surface area contributed by atoms with Gasteiger partial charge in [-0.1, -0.05) is 0 Å². The van der Waals surface area contributed by atoms with E-state index < -0.39 is 0 Å². The van der Waals surface area contributed by atoms with Crippen LogP contribution in [0.2, 0.25) is 0 Å². The summed E-state index contributed by atoms with van der Waals surface area (Å²) in [5.41, 5.74) is 2.19. The molecule has 0 spiro atoms. The predicted molar refractivity (Wildman–Crippen MR) is 74.6 cm³/mol. The Morgan fingerprint density at radius 2 is 2.32 bits per heavy atom. The summed E-state index contributed by atoms with van der Waals surface area (Å²) in [7, 11) is 3.68. The van der Waals surface area contributed by atoms with Gasteiger partial charge < -0.3 is 5.32 Å². The molecule has 5 nitrogen and oxygen atoms in total. The molecule has 1 aliphatic rings. The summed E-state index contributed by atoms with van der Waals surface area (Å²) in [4.78, 5) is 14.4. The van der Waals surface area contributed by atoms with Crippen LogP contribution in [0.25, 0.3) is 0 Å². The Morgan fingerprint density at radius 1 is 1.58 bits per heavy atom. The maximum absolute atomic E-state index is 12.0. The van der Waals surface area contributed by atoms with Gasteiger partial charge in [0, 0.05) is 38.4 Å². The minimum absolute atomic E-state index is 0.153. The van der Waals surface area contributed by atoms with Crippen LogP contribution >= 0.6 is 0 Å². The lowest BCUT2D eigenvalue weighted by atomic mass is 9.81. The quantitative estimate of drug-likeness (QED) is 0.888. The number of hydrogen-bond acceptors (Lipinski definition) is 3. The average Bonchev–Trinajstić information content (AvgIpc) is 2.70. The average molecular weight is 264 g/mol. The first-order chi connectivity index (χ1) is 8.96. The number of nitrogens with zero attached hydrogens (tertiary/aromatic N) is 3. The second-order valence-electron chi connectivity index (χ2n) is 5.83. The largest absolute Gasteiger partial charge is 0.359 e. The molecular formula is C14H24N4O. The fraction of sp³-hybridized carbons (Fsp3) is 0.714. The van der Waals surface area contributed by atoms with Crippen molar-refractivity contribution in [1.29, 1.82) is 0 Å². The monoisotopic (exact) mass is 264 g/mol. The zero-order valence-corrected chi connectivity index (χ0v) is 12.4. The third-order valence-corrected chi connectivity index (χ3v) is 4.28. The van der Waals surface area contributed by atoms with E-state index in [-0.39, 0.29) is 11.3 Å². The fourth-order valence-corrected chi connectivity index (χ4v) is 2.91. The van der Waals surface area contributed by atoms with E-state index in [1.807, 2.05) is 17.9 Å². The van der Waals surface area contributed by atoms with Gasteiger partial charge in [0.1, 0.15) is 0 Å². The van der Waals surface area contributed by atoms with Crippen molar-refractivity contribution in [3.8, 4) is 0 Å². The van der Waals surface area contributed by atoms with E-state index >= 15 is 0 Å². The highest BCUT2D eigenvalue weighted by Gasteiger charge is 2.37. The van der Waals surface area contributed by atoms with E-state index in [0.717, 1.165) is 32.5 Å². The van der Waals surface area contributed by atoms with E-state index in [1.54, 1.807) is 7.05 Å². The molecule has 0 aliphatic carbocycles. The minimum atomic E-state index is -0.261. The summed E-state index contributed by atoms with van der Waals surface area (Å²) < 4.78 is 1.90. The molecule has 1 atom stereocenters.